The first-order chi connectivity index (χ1) is 9.36. The molecule has 0 aliphatic carbocycles. The minimum absolute atomic E-state index is 0.0475. The van der Waals surface area contributed by atoms with E-state index in [1.54, 1.807) is 12.1 Å². The van der Waals surface area contributed by atoms with Crippen LogP contribution < -0.4 is 15.8 Å². The van der Waals surface area contributed by atoms with Crippen molar-refractivity contribution < 1.29 is 13.2 Å². The normalized spacial score (nSPS) is 17.1. The van der Waals surface area contributed by atoms with Gasteiger partial charge in [-0.2, -0.15) is 0 Å². The summed E-state index contributed by atoms with van der Waals surface area (Å²) in [6.45, 7) is 2.42. The predicted molar refractivity (Wildman–Crippen MR) is 79.0 cm³/mol. The highest BCUT2D eigenvalue weighted by Crippen LogP contribution is 2.24. The quantitative estimate of drug-likeness (QED) is 0.800. The highest BCUT2D eigenvalue weighted by Gasteiger charge is 2.17. The van der Waals surface area contributed by atoms with Gasteiger partial charge in [0.2, 0.25) is 10.0 Å². The van der Waals surface area contributed by atoms with Gasteiger partial charge in [0.05, 0.1) is 4.90 Å². The Morgan fingerprint density at radius 1 is 1.30 bits per heavy atom. The Morgan fingerprint density at radius 2 is 1.95 bits per heavy atom. The first kappa shape index (κ1) is 15.1. The van der Waals surface area contributed by atoms with Gasteiger partial charge in [0.15, 0.2) is 0 Å². The Balaban J connectivity index is 2.16. The Morgan fingerprint density at radius 3 is 2.55 bits per heavy atom. The van der Waals surface area contributed by atoms with Crippen molar-refractivity contribution in [2.75, 3.05) is 37.4 Å². The largest absolute Gasteiger partial charge is 0.399 e. The van der Waals surface area contributed by atoms with E-state index in [0.29, 0.717) is 11.6 Å². The summed E-state index contributed by atoms with van der Waals surface area (Å²) < 4.78 is 28.2. The molecule has 0 atom stereocenters. The third kappa shape index (κ3) is 3.84. The van der Waals surface area contributed by atoms with Crippen LogP contribution in [0.15, 0.2) is 23.1 Å². The molecule has 0 radical (unpaired) electrons. The molecule has 20 heavy (non-hydrogen) atoms. The van der Waals surface area contributed by atoms with E-state index < -0.39 is 10.0 Å². The second kappa shape index (κ2) is 5.99. The van der Waals surface area contributed by atoms with Crippen LogP contribution in [0.1, 0.15) is 12.8 Å². The summed E-state index contributed by atoms with van der Waals surface area (Å²) in [5, 5.41) is 5.16. The van der Waals surface area contributed by atoms with Crippen LogP contribution in [0.4, 0.5) is 11.4 Å². The molecule has 1 heterocycles. The molecular formula is C13H21N3O3S. The average Bonchev–Trinajstić information content (AvgIpc) is 2.38. The van der Waals surface area contributed by atoms with Crippen LogP contribution >= 0.6 is 0 Å². The van der Waals surface area contributed by atoms with Gasteiger partial charge in [-0.1, -0.05) is 0 Å². The molecule has 1 fully saturated rings. The van der Waals surface area contributed by atoms with E-state index >= 15 is 0 Å². The minimum Gasteiger partial charge on any atom is -0.399 e. The fourth-order valence-corrected chi connectivity index (χ4v) is 3.00. The third-order valence-electron chi connectivity index (χ3n) is 3.56. The average molecular weight is 299 g/mol. The topological polar surface area (TPSA) is 98.7 Å². The van der Waals surface area contributed by atoms with E-state index in [1.165, 1.54) is 6.07 Å². The number of ether oxygens (including phenoxy) is 1. The van der Waals surface area contributed by atoms with Crippen molar-refractivity contribution in [1.82, 2.24) is 0 Å². The Hall–Kier alpha value is -1.31. The van der Waals surface area contributed by atoms with Gasteiger partial charge in [-0.15, -0.1) is 0 Å². The maximum absolute atomic E-state index is 11.4. The number of nitrogens with two attached hydrogens (primary N) is 2. The predicted octanol–water partition coefficient (Wildman–Crippen LogP) is 0.779. The molecule has 6 nitrogen and oxygen atoms in total. The molecule has 0 amide bonds. The molecule has 1 saturated heterocycles. The number of hydrogen-bond donors (Lipinski definition) is 2. The highest BCUT2D eigenvalue weighted by molar-refractivity contribution is 7.89. The number of hydrogen-bond acceptors (Lipinski definition) is 5. The lowest BCUT2D eigenvalue weighted by atomic mass is 10.00. The van der Waals surface area contributed by atoms with Gasteiger partial charge in [0, 0.05) is 38.2 Å². The standard InChI is InChI=1S/C13H21N3O3S/c1-16(9-10-2-4-19-5-3-10)12-6-11(14)7-13(8-12)20(15,17)18/h6-8,10H,2-5,9,14H2,1H3,(H2,15,17,18). The summed E-state index contributed by atoms with van der Waals surface area (Å²) in [5.41, 5.74) is 6.92. The lowest BCUT2D eigenvalue weighted by molar-refractivity contribution is 0.0685. The molecule has 112 valence electrons. The van der Waals surface area contributed by atoms with Crippen molar-refractivity contribution in [3.63, 3.8) is 0 Å². The summed E-state index contributed by atoms with van der Waals surface area (Å²) in [4.78, 5) is 2.06. The Kier molecular flexibility index (Phi) is 4.52. The smallest absolute Gasteiger partial charge is 0.238 e. The Bertz CT molecular complexity index is 568. The molecule has 1 aromatic carbocycles. The fourth-order valence-electron chi connectivity index (χ4n) is 2.41. The Labute approximate surface area is 119 Å². The van der Waals surface area contributed by atoms with Crippen LogP contribution in [0.3, 0.4) is 0 Å². The van der Waals surface area contributed by atoms with Crippen LogP contribution in [0.5, 0.6) is 0 Å². The van der Waals surface area contributed by atoms with Crippen molar-refractivity contribution in [1.29, 1.82) is 0 Å². The number of rotatable bonds is 4. The summed E-state index contributed by atoms with van der Waals surface area (Å²) in [5.74, 6) is 0.549. The molecule has 0 saturated carbocycles. The minimum atomic E-state index is -3.74. The number of sulfonamides is 1. The zero-order chi connectivity index (χ0) is 14.8. The van der Waals surface area contributed by atoms with E-state index in [-0.39, 0.29) is 4.90 Å². The van der Waals surface area contributed by atoms with Gasteiger partial charge in [-0.05, 0) is 37.0 Å². The van der Waals surface area contributed by atoms with Crippen molar-refractivity contribution in [3.8, 4) is 0 Å². The number of nitrogen functional groups attached to an aromatic ring is 1. The maximum atomic E-state index is 11.4. The number of anilines is 2. The lowest BCUT2D eigenvalue weighted by Gasteiger charge is -2.28. The molecule has 7 heteroatoms. The second-order valence-corrected chi connectivity index (χ2v) is 6.80. The van der Waals surface area contributed by atoms with Crippen LogP contribution in [0, 0.1) is 5.92 Å². The molecule has 1 aliphatic heterocycles. The van der Waals surface area contributed by atoms with E-state index in [1.807, 2.05) is 11.9 Å². The zero-order valence-corrected chi connectivity index (χ0v) is 12.4. The van der Waals surface area contributed by atoms with Crippen LogP contribution in [0.2, 0.25) is 0 Å². The molecular weight excluding hydrogens is 278 g/mol. The molecule has 0 aromatic heterocycles. The van der Waals surface area contributed by atoms with Gasteiger partial charge in [-0.25, -0.2) is 13.6 Å². The second-order valence-electron chi connectivity index (χ2n) is 5.24. The van der Waals surface area contributed by atoms with Gasteiger partial charge >= 0.3 is 0 Å². The first-order valence-corrected chi connectivity index (χ1v) is 8.13. The van der Waals surface area contributed by atoms with Crippen molar-refractivity contribution >= 4 is 21.4 Å². The molecule has 4 N–H and O–H groups in total. The maximum Gasteiger partial charge on any atom is 0.238 e. The van der Waals surface area contributed by atoms with E-state index in [4.69, 9.17) is 15.6 Å². The van der Waals surface area contributed by atoms with Crippen LogP contribution in [-0.2, 0) is 14.8 Å². The lowest BCUT2D eigenvalue weighted by Crippen LogP contribution is -2.29. The van der Waals surface area contributed by atoms with Crippen molar-refractivity contribution in [3.05, 3.63) is 18.2 Å². The van der Waals surface area contributed by atoms with Crippen LogP contribution in [-0.4, -0.2) is 35.2 Å². The van der Waals surface area contributed by atoms with Crippen molar-refractivity contribution in [2.24, 2.45) is 11.1 Å². The van der Waals surface area contributed by atoms with E-state index in [0.717, 1.165) is 38.3 Å². The molecule has 2 rings (SSSR count). The molecule has 0 spiro atoms. The molecule has 1 aliphatic rings. The SMILES string of the molecule is CN(CC1CCOCC1)c1cc(N)cc(S(N)(=O)=O)c1. The number of primary sulfonamides is 1. The van der Waals surface area contributed by atoms with Gasteiger partial charge in [0.1, 0.15) is 0 Å². The molecule has 0 unspecified atom stereocenters. The number of benzene rings is 1. The van der Waals surface area contributed by atoms with Crippen LogP contribution in [0.25, 0.3) is 0 Å². The summed E-state index contributed by atoms with van der Waals surface area (Å²) in [6, 6.07) is 4.69. The fraction of sp³-hybridized carbons (Fsp3) is 0.538. The molecule has 1 aromatic rings. The monoisotopic (exact) mass is 299 g/mol. The number of nitrogens with zero attached hydrogens (tertiary/aromatic N) is 1. The highest BCUT2D eigenvalue weighted by atomic mass is 32.2. The summed E-state index contributed by atoms with van der Waals surface area (Å²) in [7, 11) is -1.81. The van der Waals surface area contributed by atoms with Gasteiger partial charge in [0.25, 0.3) is 0 Å². The summed E-state index contributed by atoms with van der Waals surface area (Å²) >= 11 is 0. The van der Waals surface area contributed by atoms with E-state index in [9.17, 15) is 8.42 Å². The van der Waals surface area contributed by atoms with Crippen molar-refractivity contribution in [2.45, 2.75) is 17.7 Å². The first-order valence-electron chi connectivity index (χ1n) is 6.58. The molecule has 0 bridgehead atoms. The van der Waals surface area contributed by atoms with Gasteiger partial charge < -0.3 is 15.4 Å². The zero-order valence-electron chi connectivity index (χ0n) is 11.6. The van der Waals surface area contributed by atoms with E-state index in [2.05, 4.69) is 0 Å². The third-order valence-corrected chi connectivity index (χ3v) is 4.45. The summed E-state index contributed by atoms with van der Waals surface area (Å²) in [6.07, 6.45) is 2.05. The van der Waals surface area contributed by atoms with Gasteiger partial charge in [-0.3, -0.25) is 0 Å².